The fourth-order valence-corrected chi connectivity index (χ4v) is 3.54. The molecule has 3 rings (SSSR count). The first-order valence-electron chi connectivity index (χ1n) is 9.05. The van der Waals surface area contributed by atoms with E-state index in [0.29, 0.717) is 23.3 Å². The normalized spacial score (nSPS) is 15.8. The van der Waals surface area contributed by atoms with Crippen molar-refractivity contribution >= 4 is 17.5 Å². The number of nitrogens with one attached hydrogen (secondary N) is 2. The van der Waals surface area contributed by atoms with Crippen LogP contribution < -0.4 is 10.6 Å². The molecule has 0 atom stereocenters. The lowest BCUT2D eigenvalue weighted by molar-refractivity contribution is 0.0940. The van der Waals surface area contributed by atoms with E-state index in [1.165, 1.54) is 0 Å². The number of carbonyl (C=O) groups excluding carboxylic acids is 1. The number of rotatable bonds is 5. The Labute approximate surface area is 159 Å². The van der Waals surface area contributed by atoms with Gasteiger partial charge in [-0.05, 0) is 50.6 Å². The molecule has 1 aliphatic rings. The third-order valence-electron chi connectivity index (χ3n) is 5.09. The summed E-state index contributed by atoms with van der Waals surface area (Å²) in [6.45, 7) is 8.51. The molecule has 7 heteroatoms. The molecular formula is C19H26ClN5O. The molecule has 2 heterocycles. The Balaban J connectivity index is 1.67. The molecule has 1 aromatic carbocycles. The second kappa shape index (κ2) is 7.76. The minimum atomic E-state index is -0.237. The molecule has 2 aromatic rings. The molecule has 0 radical (unpaired) electrons. The molecule has 0 bridgehead atoms. The van der Waals surface area contributed by atoms with Gasteiger partial charge in [-0.15, -0.1) is 5.10 Å². The molecule has 2 N–H and O–H groups in total. The maximum absolute atomic E-state index is 12.6. The second-order valence-corrected chi connectivity index (χ2v) is 7.96. The van der Waals surface area contributed by atoms with E-state index in [4.69, 9.17) is 11.6 Å². The lowest BCUT2D eigenvalue weighted by atomic mass is 9.84. The van der Waals surface area contributed by atoms with E-state index < -0.39 is 0 Å². The van der Waals surface area contributed by atoms with Gasteiger partial charge < -0.3 is 10.6 Å². The van der Waals surface area contributed by atoms with Gasteiger partial charge in [-0.25, -0.2) is 4.68 Å². The Morgan fingerprint density at radius 1 is 1.38 bits per heavy atom. The first-order chi connectivity index (χ1) is 12.4. The standard InChI is InChI=1S/C19H26ClN5O/c1-13-17(23-24-25(13)16-7-9-21-10-8-16)18(26)22-12-19(2,3)14-5-4-6-15(20)11-14/h4-6,11,16,21H,7-10,12H2,1-3H3,(H,22,26). The minimum absolute atomic E-state index is 0.183. The summed E-state index contributed by atoms with van der Waals surface area (Å²) in [5.41, 5.74) is 2.08. The second-order valence-electron chi connectivity index (χ2n) is 7.53. The molecule has 6 nitrogen and oxygen atoms in total. The van der Waals surface area contributed by atoms with Gasteiger partial charge in [-0.1, -0.05) is 42.8 Å². The highest BCUT2D eigenvalue weighted by Gasteiger charge is 2.25. The molecule has 1 aliphatic heterocycles. The third-order valence-corrected chi connectivity index (χ3v) is 5.33. The molecular weight excluding hydrogens is 350 g/mol. The summed E-state index contributed by atoms with van der Waals surface area (Å²) < 4.78 is 1.90. The predicted molar refractivity (Wildman–Crippen MR) is 103 cm³/mol. The summed E-state index contributed by atoms with van der Waals surface area (Å²) in [5, 5.41) is 15.4. The maximum Gasteiger partial charge on any atom is 0.273 e. The fraction of sp³-hybridized carbons (Fsp3) is 0.526. The summed E-state index contributed by atoms with van der Waals surface area (Å²) in [6.07, 6.45) is 2.01. The number of hydrogen-bond acceptors (Lipinski definition) is 4. The molecule has 140 valence electrons. The summed E-state index contributed by atoms with van der Waals surface area (Å²) in [5.74, 6) is -0.183. The van der Waals surface area contributed by atoms with Crippen molar-refractivity contribution in [1.82, 2.24) is 25.6 Å². The smallest absolute Gasteiger partial charge is 0.273 e. The summed E-state index contributed by atoms with van der Waals surface area (Å²) in [6, 6.07) is 8.05. The van der Waals surface area contributed by atoms with Gasteiger partial charge in [-0.3, -0.25) is 4.79 Å². The van der Waals surface area contributed by atoms with Gasteiger partial charge in [0, 0.05) is 17.0 Å². The molecule has 1 aromatic heterocycles. The Kier molecular flexibility index (Phi) is 5.63. The van der Waals surface area contributed by atoms with Gasteiger partial charge in [-0.2, -0.15) is 0 Å². The maximum atomic E-state index is 12.6. The van der Waals surface area contributed by atoms with E-state index in [9.17, 15) is 4.79 Å². The number of carbonyl (C=O) groups is 1. The van der Waals surface area contributed by atoms with Crippen molar-refractivity contribution in [3.05, 3.63) is 46.2 Å². The molecule has 0 aliphatic carbocycles. The summed E-state index contributed by atoms with van der Waals surface area (Å²) in [7, 11) is 0. The minimum Gasteiger partial charge on any atom is -0.350 e. The average Bonchev–Trinajstić information content (AvgIpc) is 3.02. The van der Waals surface area contributed by atoms with Crippen LogP contribution in [-0.2, 0) is 5.41 Å². The third kappa shape index (κ3) is 4.07. The number of amides is 1. The van der Waals surface area contributed by atoms with Crippen molar-refractivity contribution in [3.63, 3.8) is 0 Å². The zero-order valence-electron chi connectivity index (χ0n) is 15.6. The highest BCUT2D eigenvalue weighted by molar-refractivity contribution is 6.30. The Morgan fingerprint density at radius 3 is 2.81 bits per heavy atom. The average molecular weight is 376 g/mol. The molecule has 0 unspecified atom stereocenters. The topological polar surface area (TPSA) is 71.8 Å². The SMILES string of the molecule is Cc1c(C(=O)NCC(C)(C)c2cccc(Cl)c2)nnn1C1CCNCC1. The fourth-order valence-electron chi connectivity index (χ4n) is 3.35. The Hall–Kier alpha value is -1.92. The van der Waals surface area contributed by atoms with Crippen LogP contribution in [0.5, 0.6) is 0 Å². The van der Waals surface area contributed by atoms with Crippen LogP contribution >= 0.6 is 11.6 Å². The monoisotopic (exact) mass is 375 g/mol. The summed E-state index contributed by atoms with van der Waals surface area (Å²) in [4.78, 5) is 12.6. The van der Waals surface area contributed by atoms with Gasteiger partial charge in [0.15, 0.2) is 5.69 Å². The van der Waals surface area contributed by atoms with Crippen LogP contribution in [0, 0.1) is 6.92 Å². The highest BCUT2D eigenvalue weighted by atomic mass is 35.5. The van der Waals surface area contributed by atoms with Crippen LogP contribution in [0.3, 0.4) is 0 Å². The van der Waals surface area contributed by atoms with Gasteiger partial charge in [0.25, 0.3) is 5.91 Å². The van der Waals surface area contributed by atoms with Crippen molar-refractivity contribution in [3.8, 4) is 0 Å². The van der Waals surface area contributed by atoms with E-state index >= 15 is 0 Å². The number of benzene rings is 1. The molecule has 1 amide bonds. The van der Waals surface area contributed by atoms with Crippen LogP contribution in [0.25, 0.3) is 0 Å². The number of aromatic nitrogens is 3. The molecule has 26 heavy (non-hydrogen) atoms. The lowest BCUT2D eigenvalue weighted by Crippen LogP contribution is -2.37. The summed E-state index contributed by atoms with van der Waals surface area (Å²) >= 11 is 6.09. The van der Waals surface area contributed by atoms with Crippen LogP contribution in [0.4, 0.5) is 0 Å². The van der Waals surface area contributed by atoms with E-state index in [1.54, 1.807) is 0 Å². The van der Waals surface area contributed by atoms with Crippen LogP contribution in [0.15, 0.2) is 24.3 Å². The number of piperidine rings is 1. The van der Waals surface area contributed by atoms with Crippen molar-refractivity contribution in [2.75, 3.05) is 19.6 Å². The van der Waals surface area contributed by atoms with Gasteiger partial charge in [0.1, 0.15) is 0 Å². The van der Waals surface area contributed by atoms with Crippen molar-refractivity contribution < 1.29 is 4.79 Å². The van der Waals surface area contributed by atoms with Crippen LogP contribution in [-0.4, -0.2) is 40.5 Å². The quantitative estimate of drug-likeness (QED) is 0.842. The van der Waals surface area contributed by atoms with Crippen molar-refractivity contribution in [2.24, 2.45) is 0 Å². The van der Waals surface area contributed by atoms with Gasteiger partial charge >= 0.3 is 0 Å². The molecule has 1 saturated heterocycles. The zero-order chi connectivity index (χ0) is 18.7. The lowest BCUT2D eigenvalue weighted by Gasteiger charge is -2.26. The molecule has 0 spiro atoms. The van der Waals surface area contributed by atoms with E-state index in [-0.39, 0.29) is 11.3 Å². The Morgan fingerprint density at radius 2 is 2.12 bits per heavy atom. The van der Waals surface area contributed by atoms with E-state index in [2.05, 4.69) is 34.8 Å². The molecule has 0 saturated carbocycles. The first kappa shape index (κ1) is 18.9. The van der Waals surface area contributed by atoms with Crippen LogP contribution in [0.1, 0.15) is 54.5 Å². The predicted octanol–water partition coefficient (Wildman–Crippen LogP) is 2.87. The first-order valence-corrected chi connectivity index (χ1v) is 9.43. The largest absolute Gasteiger partial charge is 0.350 e. The van der Waals surface area contributed by atoms with Gasteiger partial charge in [0.2, 0.25) is 0 Å². The van der Waals surface area contributed by atoms with E-state index in [1.807, 2.05) is 35.9 Å². The zero-order valence-corrected chi connectivity index (χ0v) is 16.3. The van der Waals surface area contributed by atoms with Crippen molar-refractivity contribution in [1.29, 1.82) is 0 Å². The van der Waals surface area contributed by atoms with Crippen LogP contribution in [0.2, 0.25) is 5.02 Å². The van der Waals surface area contributed by atoms with Crippen molar-refractivity contribution in [2.45, 2.75) is 45.1 Å². The number of nitrogens with zero attached hydrogens (tertiary/aromatic N) is 3. The van der Waals surface area contributed by atoms with E-state index in [0.717, 1.165) is 37.2 Å². The Bertz CT molecular complexity index is 780. The highest BCUT2D eigenvalue weighted by Crippen LogP contribution is 2.25. The number of hydrogen-bond donors (Lipinski definition) is 2. The molecule has 1 fully saturated rings. The number of halogens is 1. The van der Waals surface area contributed by atoms with Gasteiger partial charge in [0.05, 0.1) is 11.7 Å².